The Bertz CT molecular complexity index is 1370. The molecule has 194 valence electrons. The maximum absolute atomic E-state index is 13.0. The van der Waals surface area contributed by atoms with E-state index in [1.54, 1.807) is 17.2 Å². The fourth-order valence-electron chi connectivity index (χ4n) is 4.73. The molecule has 1 amide bonds. The summed E-state index contributed by atoms with van der Waals surface area (Å²) in [5, 5.41) is 3.43. The third kappa shape index (κ3) is 5.01. The Balaban J connectivity index is 1.39. The summed E-state index contributed by atoms with van der Waals surface area (Å²) in [4.78, 5) is 47.1. The summed E-state index contributed by atoms with van der Waals surface area (Å²) in [6.07, 6.45) is -0.713. The molecular formula is C25H24F3N5O4. The van der Waals surface area contributed by atoms with E-state index in [2.05, 4.69) is 32.0 Å². The molecule has 2 saturated heterocycles. The van der Waals surface area contributed by atoms with Gasteiger partial charge in [0, 0.05) is 60.1 Å². The van der Waals surface area contributed by atoms with E-state index in [-0.39, 0.29) is 23.3 Å². The summed E-state index contributed by atoms with van der Waals surface area (Å²) in [6, 6.07) is 7.90. The Morgan fingerprint density at radius 2 is 2.00 bits per heavy atom. The number of amides is 1. The van der Waals surface area contributed by atoms with Crippen LogP contribution in [-0.4, -0.2) is 65.9 Å². The van der Waals surface area contributed by atoms with Crippen LogP contribution in [0.5, 0.6) is 5.75 Å². The number of pyridine rings is 1. The van der Waals surface area contributed by atoms with Crippen LogP contribution in [0.15, 0.2) is 36.5 Å². The van der Waals surface area contributed by atoms with Crippen molar-refractivity contribution in [1.82, 2.24) is 14.9 Å². The third-order valence-corrected chi connectivity index (χ3v) is 6.76. The van der Waals surface area contributed by atoms with Gasteiger partial charge in [0.1, 0.15) is 17.9 Å². The zero-order chi connectivity index (χ0) is 26.3. The number of carbonyl (C=O) groups excluding carboxylic acids is 3. The fourth-order valence-corrected chi connectivity index (χ4v) is 4.73. The Morgan fingerprint density at radius 1 is 1.22 bits per heavy atom. The number of benzene rings is 1. The minimum absolute atomic E-state index is 0.180. The van der Waals surface area contributed by atoms with Crippen molar-refractivity contribution in [2.45, 2.75) is 25.1 Å². The van der Waals surface area contributed by atoms with Crippen molar-refractivity contribution in [1.29, 1.82) is 0 Å². The number of likely N-dealkylation sites (tertiary alicyclic amines) is 1. The molecule has 2 aromatic heterocycles. The SMILES string of the molecule is CN1CCC[C@@H]1c1cc2cnc(NC(=O)c3ccc(N4CC(C=O)C4)cc3OC(=O)C(F)(F)F)cc2[nH]1. The molecule has 1 aromatic carbocycles. The standard InChI is InChI=1S/C25H24F3N5O4/c1-32-6-2-3-20(32)19-7-15-10-29-22(9-18(15)30-19)31-23(35)17-5-4-16(33-11-14(12-33)13-34)8-21(17)37-24(36)25(26,27)28/h4-5,7-10,13-14,20,30H,2-3,6,11-12H2,1H3,(H,29,31,35)/t20-/m1/s1. The minimum atomic E-state index is -5.24. The number of hydrogen-bond acceptors (Lipinski definition) is 7. The second kappa shape index (κ2) is 9.51. The van der Waals surface area contributed by atoms with Crippen molar-refractivity contribution >= 4 is 40.6 Å². The van der Waals surface area contributed by atoms with Crippen LogP contribution in [-0.2, 0) is 9.59 Å². The minimum Gasteiger partial charge on any atom is -0.419 e. The molecule has 5 rings (SSSR count). The smallest absolute Gasteiger partial charge is 0.419 e. The van der Waals surface area contributed by atoms with Gasteiger partial charge in [0.25, 0.3) is 5.91 Å². The van der Waals surface area contributed by atoms with Crippen molar-refractivity contribution in [2.24, 2.45) is 5.92 Å². The Hall–Kier alpha value is -3.93. The van der Waals surface area contributed by atoms with E-state index in [1.165, 1.54) is 18.2 Å². The third-order valence-electron chi connectivity index (χ3n) is 6.76. The molecular weight excluding hydrogens is 491 g/mol. The summed E-state index contributed by atoms with van der Waals surface area (Å²) < 4.78 is 43.3. The highest BCUT2D eigenvalue weighted by atomic mass is 19.4. The second-order valence-electron chi connectivity index (χ2n) is 9.34. The zero-order valence-electron chi connectivity index (χ0n) is 19.8. The largest absolute Gasteiger partial charge is 0.491 e. The Labute approximate surface area is 209 Å². The summed E-state index contributed by atoms with van der Waals surface area (Å²) in [6.45, 7) is 1.76. The summed E-state index contributed by atoms with van der Waals surface area (Å²) in [5.41, 5.74) is 1.95. The monoisotopic (exact) mass is 515 g/mol. The van der Waals surface area contributed by atoms with Crippen LogP contribution in [0, 0.1) is 5.92 Å². The van der Waals surface area contributed by atoms with Gasteiger partial charge in [0.05, 0.1) is 11.1 Å². The molecule has 4 heterocycles. The quantitative estimate of drug-likeness (QED) is 0.293. The van der Waals surface area contributed by atoms with Gasteiger partial charge in [0.2, 0.25) is 0 Å². The number of carbonyl (C=O) groups is 3. The highest BCUT2D eigenvalue weighted by molar-refractivity contribution is 6.07. The van der Waals surface area contributed by atoms with E-state index in [4.69, 9.17) is 0 Å². The molecule has 0 saturated carbocycles. The predicted octanol–water partition coefficient (Wildman–Crippen LogP) is 3.68. The summed E-state index contributed by atoms with van der Waals surface area (Å²) >= 11 is 0. The first-order valence-electron chi connectivity index (χ1n) is 11.8. The van der Waals surface area contributed by atoms with Crippen LogP contribution in [0.4, 0.5) is 24.7 Å². The van der Waals surface area contributed by atoms with Gasteiger partial charge < -0.3 is 24.7 Å². The van der Waals surface area contributed by atoms with E-state index < -0.39 is 23.8 Å². The van der Waals surface area contributed by atoms with Gasteiger partial charge in [-0.3, -0.25) is 9.69 Å². The molecule has 2 N–H and O–H groups in total. The van der Waals surface area contributed by atoms with Crippen molar-refractivity contribution in [3.63, 3.8) is 0 Å². The molecule has 9 nitrogen and oxygen atoms in total. The van der Waals surface area contributed by atoms with Crippen LogP contribution in [0.1, 0.15) is 34.9 Å². The molecule has 2 aliphatic heterocycles. The van der Waals surface area contributed by atoms with Gasteiger partial charge in [-0.1, -0.05) is 0 Å². The number of fused-ring (bicyclic) bond motifs is 1. The average Bonchev–Trinajstić information content (AvgIpc) is 3.43. The molecule has 12 heteroatoms. The molecule has 0 unspecified atom stereocenters. The molecule has 2 aliphatic rings. The highest BCUT2D eigenvalue weighted by Crippen LogP contribution is 2.33. The second-order valence-corrected chi connectivity index (χ2v) is 9.34. The molecule has 3 aromatic rings. The van der Waals surface area contributed by atoms with Crippen molar-refractivity contribution < 1.29 is 32.3 Å². The maximum Gasteiger partial charge on any atom is 0.491 e. The normalized spacial score (nSPS) is 18.6. The highest BCUT2D eigenvalue weighted by Gasteiger charge is 2.42. The lowest BCUT2D eigenvalue weighted by atomic mass is 10.0. The van der Waals surface area contributed by atoms with E-state index in [0.717, 1.165) is 42.3 Å². The predicted molar refractivity (Wildman–Crippen MR) is 129 cm³/mol. The van der Waals surface area contributed by atoms with Gasteiger partial charge in [-0.25, -0.2) is 9.78 Å². The lowest BCUT2D eigenvalue weighted by Gasteiger charge is -2.38. The van der Waals surface area contributed by atoms with Gasteiger partial charge in [-0.05, 0) is 44.6 Å². The Morgan fingerprint density at radius 3 is 2.68 bits per heavy atom. The lowest BCUT2D eigenvalue weighted by Crippen LogP contribution is -2.47. The number of alkyl halides is 3. The fraction of sp³-hybridized carbons (Fsp3) is 0.360. The Kier molecular flexibility index (Phi) is 6.36. The first kappa shape index (κ1) is 24.8. The molecule has 0 radical (unpaired) electrons. The van der Waals surface area contributed by atoms with Crippen molar-refractivity contribution in [3.8, 4) is 5.75 Å². The number of ether oxygens (including phenoxy) is 1. The van der Waals surface area contributed by atoms with Gasteiger partial charge >= 0.3 is 12.1 Å². The van der Waals surface area contributed by atoms with Crippen LogP contribution in [0.25, 0.3) is 10.9 Å². The number of nitrogens with zero attached hydrogens (tertiary/aromatic N) is 3. The van der Waals surface area contributed by atoms with Gasteiger partial charge in [-0.2, -0.15) is 13.2 Å². The number of aromatic nitrogens is 2. The van der Waals surface area contributed by atoms with E-state index in [0.29, 0.717) is 18.8 Å². The number of anilines is 2. The van der Waals surface area contributed by atoms with Crippen molar-refractivity contribution in [3.05, 3.63) is 47.8 Å². The number of hydrogen-bond donors (Lipinski definition) is 2. The van der Waals surface area contributed by atoms with E-state index in [9.17, 15) is 27.6 Å². The molecule has 0 bridgehead atoms. The van der Waals surface area contributed by atoms with Crippen LogP contribution in [0.3, 0.4) is 0 Å². The topological polar surface area (TPSA) is 108 Å². The number of H-pyrrole nitrogens is 1. The molecule has 2 fully saturated rings. The first-order chi connectivity index (χ1) is 17.6. The molecule has 0 aliphatic carbocycles. The number of aromatic amines is 1. The number of rotatable bonds is 6. The number of halogens is 3. The first-order valence-corrected chi connectivity index (χ1v) is 11.8. The number of esters is 1. The number of aldehydes is 1. The zero-order valence-corrected chi connectivity index (χ0v) is 19.8. The lowest BCUT2D eigenvalue weighted by molar-refractivity contribution is -0.189. The van der Waals surface area contributed by atoms with E-state index in [1.807, 2.05) is 6.07 Å². The molecule has 0 spiro atoms. The van der Waals surface area contributed by atoms with Crippen LogP contribution in [0.2, 0.25) is 0 Å². The van der Waals surface area contributed by atoms with Crippen LogP contribution >= 0.6 is 0 Å². The van der Waals surface area contributed by atoms with Gasteiger partial charge in [0.15, 0.2) is 0 Å². The van der Waals surface area contributed by atoms with Gasteiger partial charge in [-0.15, -0.1) is 0 Å². The summed E-state index contributed by atoms with van der Waals surface area (Å²) in [7, 11) is 2.06. The number of nitrogens with one attached hydrogen (secondary N) is 2. The average molecular weight is 515 g/mol. The van der Waals surface area contributed by atoms with Crippen LogP contribution < -0.4 is 15.0 Å². The van der Waals surface area contributed by atoms with E-state index >= 15 is 0 Å². The molecule has 37 heavy (non-hydrogen) atoms. The van der Waals surface area contributed by atoms with Crippen molar-refractivity contribution in [2.75, 3.05) is 36.9 Å². The molecule has 1 atom stereocenters. The summed E-state index contributed by atoms with van der Waals surface area (Å²) in [5.74, 6) is -3.78. The maximum atomic E-state index is 13.0.